The number of aromatic nitrogens is 2. The standard InChI is InChI=1S/C14H18N2O/c1-9(2)13-12(14(17)10(3)4)11-7-5-6-8-16(11)15-13/h5-10H,1-4H3/i5D,6D,8D. The molecule has 0 bridgehead atoms. The first-order valence-electron chi connectivity index (χ1n) is 7.29. The minimum absolute atomic E-state index is 0.0374. The van der Waals surface area contributed by atoms with Crippen LogP contribution in [0, 0.1) is 5.92 Å². The number of Topliss-reactive ketones (excluding diaryl/α,β-unsaturated/α-hetero) is 1. The van der Waals surface area contributed by atoms with Crippen LogP contribution in [-0.4, -0.2) is 15.4 Å². The van der Waals surface area contributed by atoms with E-state index in [4.69, 9.17) is 4.11 Å². The second-order valence-corrected chi connectivity index (χ2v) is 4.76. The molecule has 0 aromatic carbocycles. The van der Waals surface area contributed by atoms with Gasteiger partial charge in [-0.25, -0.2) is 4.52 Å². The molecule has 0 N–H and O–H groups in total. The Morgan fingerprint density at radius 2 is 2.06 bits per heavy atom. The van der Waals surface area contributed by atoms with Crippen LogP contribution in [0.2, 0.25) is 0 Å². The molecule has 0 saturated heterocycles. The number of nitrogens with zero attached hydrogens (tertiary/aromatic N) is 2. The summed E-state index contributed by atoms with van der Waals surface area (Å²) in [4.78, 5) is 12.4. The topological polar surface area (TPSA) is 34.4 Å². The normalized spacial score (nSPS) is 14.1. The number of hydrogen-bond donors (Lipinski definition) is 0. The summed E-state index contributed by atoms with van der Waals surface area (Å²) in [6.07, 6.45) is -0.155. The minimum Gasteiger partial charge on any atom is -0.294 e. The third kappa shape index (κ3) is 1.97. The molecule has 0 aliphatic carbocycles. The molecule has 2 rings (SSSR count). The van der Waals surface area contributed by atoms with Gasteiger partial charge in [0.05, 0.1) is 20.9 Å². The van der Waals surface area contributed by atoms with Gasteiger partial charge in [0.25, 0.3) is 0 Å². The number of hydrogen-bond acceptors (Lipinski definition) is 2. The second-order valence-electron chi connectivity index (χ2n) is 4.76. The van der Waals surface area contributed by atoms with Gasteiger partial charge in [0.15, 0.2) is 5.78 Å². The Balaban J connectivity index is 2.89. The summed E-state index contributed by atoms with van der Waals surface area (Å²) in [6.45, 7) is 7.51. The monoisotopic (exact) mass is 233 g/mol. The van der Waals surface area contributed by atoms with Crippen LogP contribution >= 0.6 is 0 Å². The molecule has 2 heterocycles. The fourth-order valence-corrected chi connectivity index (χ4v) is 1.80. The number of ketones is 1. The van der Waals surface area contributed by atoms with Crippen molar-refractivity contribution in [1.29, 1.82) is 0 Å². The first-order chi connectivity index (χ1) is 9.25. The quantitative estimate of drug-likeness (QED) is 0.762. The van der Waals surface area contributed by atoms with Crippen LogP contribution in [0.25, 0.3) is 5.52 Å². The molecular formula is C14H18N2O. The molecule has 0 spiro atoms. The molecule has 0 unspecified atom stereocenters. The predicted molar refractivity (Wildman–Crippen MR) is 68.4 cm³/mol. The summed E-state index contributed by atoms with van der Waals surface area (Å²) >= 11 is 0. The lowest BCUT2D eigenvalue weighted by Gasteiger charge is -2.07. The van der Waals surface area contributed by atoms with E-state index in [1.54, 1.807) is 0 Å². The fourth-order valence-electron chi connectivity index (χ4n) is 1.80. The van der Waals surface area contributed by atoms with Gasteiger partial charge in [-0.2, -0.15) is 5.10 Å². The third-order valence-electron chi connectivity index (χ3n) is 2.71. The lowest BCUT2D eigenvalue weighted by atomic mass is 9.95. The smallest absolute Gasteiger partial charge is 0.169 e. The fraction of sp³-hybridized carbons (Fsp3) is 0.429. The number of pyridine rings is 1. The van der Waals surface area contributed by atoms with Crippen molar-refractivity contribution in [2.45, 2.75) is 33.6 Å². The van der Waals surface area contributed by atoms with E-state index < -0.39 is 0 Å². The molecule has 2 aromatic heterocycles. The lowest BCUT2D eigenvalue weighted by Crippen LogP contribution is -2.10. The van der Waals surface area contributed by atoms with Gasteiger partial charge in [0.1, 0.15) is 0 Å². The summed E-state index contributed by atoms with van der Waals surface area (Å²) in [5, 5.41) is 4.32. The van der Waals surface area contributed by atoms with Crippen LogP contribution in [0.3, 0.4) is 0 Å². The van der Waals surface area contributed by atoms with Crippen LogP contribution in [0.15, 0.2) is 24.3 Å². The van der Waals surface area contributed by atoms with Crippen molar-refractivity contribution in [2.75, 3.05) is 0 Å². The first kappa shape index (κ1) is 8.45. The summed E-state index contributed by atoms with van der Waals surface area (Å²) in [5.74, 6) is -0.185. The molecule has 3 nitrogen and oxygen atoms in total. The zero-order valence-electron chi connectivity index (χ0n) is 13.5. The molecule has 3 heteroatoms. The van der Waals surface area contributed by atoms with E-state index in [9.17, 15) is 4.79 Å². The van der Waals surface area contributed by atoms with Gasteiger partial charge < -0.3 is 0 Å². The SMILES string of the molecule is [2H]c1cc2c(C(=O)C(C)C)c(C(C)C)nn2c([2H])c1[2H]. The number of fused-ring (bicyclic) bond motifs is 1. The van der Waals surface area contributed by atoms with Crippen LogP contribution in [0.4, 0.5) is 0 Å². The van der Waals surface area contributed by atoms with Gasteiger partial charge in [-0.05, 0) is 18.0 Å². The Hall–Kier alpha value is -1.64. The van der Waals surface area contributed by atoms with Gasteiger partial charge in [-0.1, -0.05) is 33.7 Å². The van der Waals surface area contributed by atoms with Gasteiger partial charge in [0.2, 0.25) is 0 Å². The summed E-state index contributed by atoms with van der Waals surface area (Å²) < 4.78 is 24.6. The van der Waals surface area contributed by atoms with Crippen molar-refractivity contribution in [3.8, 4) is 0 Å². The van der Waals surface area contributed by atoms with E-state index in [-0.39, 0.29) is 35.9 Å². The third-order valence-corrected chi connectivity index (χ3v) is 2.71. The van der Waals surface area contributed by atoms with E-state index >= 15 is 0 Å². The van der Waals surface area contributed by atoms with Crippen molar-refractivity contribution >= 4 is 11.3 Å². The van der Waals surface area contributed by atoms with E-state index in [0.717, 1.165) is 0 Å². The first-order valence-corrected chi connectivity index (χ1v) is 5.79. The van der Waals surface area contributed by atoms with Crippen LogP contribution in [0.5, 0.6) is 0 Å². The molecule has 0 fully saturated rings. The van der Waals surface area contributed by atoms with Gasteiger partial charge >= 0.3 is 0 Å². The minimum atomic E-state index is -0.182. The molecule has 90 valence electrons. The van der Waals surface area contributed by atoms with E-state index in [0.29, 0.717) is 16.8 Å². The molecular weight excluding hydrogens is 212 g/mol. The van der Waals surface area contributed by atoms with Gasteiger partial charge in [0, 0.05) is 12.1 Å². The van der Waals surface area contributed by atoms with Crippen molar-refractivity contribution in [2.24, 2.45) is 5.92 Å². The molecule has 0 radical (unpaired) electrons. The maximum Gasteiger partial charge on any atom is 0.169 e. The Kier molecular flexibility index (Phi) is 2.15. The largest absolute Gasteiger partial charge is 0.294 e. The summed E-state index contributed by atoms with van der Waals surface area (Å²) in [6, 6.07) is 1.21. The van der Waals surface area contributed by atoms with Crippen LogP contribution < -0.4 is 0 Å². The second kappa shape index (κ2) is 4.32. The lowest BCUT2D eigenvalue weighted by molar-refractivity contribution is 0.0939. The van der Waals surface area contributed by atoms with E-state index in [1.807, 2.05) is 27.7 Å². The Labute approximate surface area is 106 Å². The van der Waals surface area contributed by atoms with E-state index in [2.05, 4.69) is 5.10 Å². The predicted octanol–water partition coefficient (Wildman–Crippen LogP) is 3.30. The molecule has 0 aliphatic heterocycles. The van der Waals surface area contributed by atoms with Crippen molar-refractivity contribution in [3.05, 3.63) is 35.6 Å². The Morgan fingerprint density at radius 1 is 1.35 bits per heavy atom. The zero-order chi connectivity index (χ0) is 15.2. The summed E-state index contributed by atoms with van der Waals surface area (Å²) in [7, 11) is 0. The number of rotatable bonds is 3. The van der Waals surface area contributed by atoms with Crippen molar-refractivity contribution in [3.63, 3.8) is 0 Å². The number of carbonyl (C=O) groups is 1. The summed E-state index contributed by atoms with van der Waals surface area (Å²) in [5.41, 5.74) is 1.57. The van der Waals surface area contributed by atoms with Gasteiger partial charge in [-0.15, -0.1) is 0 Å². The highest BCUT2D eigenvalue weighted by molar-refractivity contribution is 6.04. The average Bonchev–Trinajstić information content (AvgIpc) is 2.74. The molecule has 0 amide bonds. The maximum atomic E-state index is 12.4. The molecule has 0 saturated carbocycles. The molecule has 0 atom stereocenters. The van der Waals surface area contributed by atoms with Crippen molar-refractivity contribution < 1.29 is 8.91 Å². The number of carbonyl (C=O) groups excluding carboxylic acids is 1. The molecule has 17 heavy (non-hydrogen) atoms. The van der Waals surface area contributed by atoms with Crippen LogP contribution in [-0.2, 0) is 0 Å². The highest BCUT2D eigenvalue weighted by Crippen LogP contribution is 2.25. The highest BCUT2D eigenvalue weighted by Gasteiger charge is 2.22. The average molecular weight is 233 g/mol. The van der Waals surface area contributed by atoms with Crippen LogP contribution in [0.1, 0.15) is 53.8 Å². The molecule has 2 aromatic rings. The zero-order valence-corrected chi connectivity index (χ0v) is 10.5. The Morgan fingerprint density at radius 3 is 2.65 bits per heavy atom. The van der Waals surface area contributed by atoms with E-state index in [1.165, 1.54) is 10.6 Å². The maximum absolute atomic E-state index is 12.4. The highest BCUT2D eigenvalue weighted by atomic mass is 16.1. The van der Waals surface area contributed by atoms with Gasteiger partial charge in [-0.3, -0.25) is 4.79 Å². The Bertz CT molecular complexity index is 690. The van der Waals surface area contributed by atoms with Crippen molar-refractivity contribution in [1.82, 2.24) is 9.61 Å². The molecule has 0 aliphatic rings.